The fourth-order valence-electron chi connectivity index (χ4n) is 3.24. The van der Waals surface area contributed by atoms with Gasteiger partial charge < -0.3 is 24.7 Å². The quantitative estimate of drug-likeness (QED) is 0.695. The van der Waals surface area contributed by atoms with Crippen LogP contribution in [0.3, 0.4) is 0 Å². The third kappa shape index (κ3) is 3.62. The number of hydrogen-bond acceptors (Lipinski definition) is 7. The summed E-state index contributed by atoms with van der Waals surface area (Å²) >= 11 is 0. The summed E-state index contributed by atoms with van der Waals surface area (Å²) in [6.45, 7) is 1.36. The van der Waals surface area contributed by atoms with Crippen molar-refractivity contribution in [1.29, 1.82) is 0 Å². The van der Waals surface area contributed by atoms with E-state index in [0.717, 1.165) is 4.57 Å². The smallest absolute Gasteiger partial charge is 0.351 e. The van der Waals surface area contributed by atoms with Crippen molar-refractivity contribution >= 4 is 24.3 Å². The Bertz CT molecular complexity index is 940. The van der Waals surface area contributed by atoms with Gasteiger partial charge in [0.05, 0.1) is 12.0 Å². The molecule has 2 heterocycles. The number of ether oxygens (including phenoxy) is 1. The third-order valence-corrected chi connectivity index (χ3v) is 4.71. The van der Waals surface area contributed by atoms with Crippen LogP contribution in [0.15, 0.2) is 47.4 Å². The summed E-state index contributed by atoms with van der Waals surface area (Å²) in [5.41, 5.74) is -2.09. The number of aromatic nitrogens is 2. The van der Waals surface area contributed by atoms with E-state index in [1.165, 1.54) is 19.2 Å². The largest absolute Gasteiger partial charge is 0.385 e. The molecule has 4 atom stereocenters. The first kappa shape index (κ1) is 19.6. The number of carbonyl (C=O) groups is 3. The van der Waals surface area contributed by atoms with Crippen molar-refractivity contribution < 1.29 is 24.2 Å². The maximum atomic E-state index is 12.4. The molecule has 2 N–H and O–H groups in total. The monoisotopic (exact) mass is 385 g/mol. The van der Waals surface area contributed by atoms with Crippen molar-refractivity contribution in [2.75, 3.05) is 5.32 Å². The van der Waals surface area contributed by atoms with Crippen LogP contribution in [0.1, 0.15) is 29.9 Å². The molecule has 9 nitrogen and oxygen atoms in total. The van der Waals surface area contributed by atoms with E-state index in [0.29, 0.717) is 18.1 Å². The highest BCUT2D eigenvalue weighted by Gasteiger charge is 2.53. The van der Waals surface area contributed by atoms with Crippen molar-refractivity contribution in [2.45, 2.75) is 31.3 Å². The van der Waals surface area contributed by atoms with E-state index in [9.17, 15) is 24.3 Å². The second-order valence-electron chi connectivity index (χ2n) is 6.64. The predicted molar refractivity (Wildman–Crippen MR) is 97.7 cm³/mol. The molecule has 2 aromatic rings. The molecule has 1 aliphatic heterocycles. The molecule has 1 unspecified atom stereocenters. The molecular formula is C19H19N3O6. The van der Waals surface area contributed by atoms with E-state index in [-0.39, 0.29) is 12.2 Å². The van der Waals surface area contributed by atoms with Crippen molar-refractivity contribution in [3.05, 3.63) is 58.6 Å². The van der Waals surface area contributed by atoms with E-state index in [1.54, 1.807) is 30.3 Å². The molecule has 0 aliphatic carbocycles. The number of nitrogens with zero attached hydrogens (tertiary/aromatic N) is 2. The van der Waals surface area contributed by atoms with Gasteiger partial charge in [-0.3, -0.25) is 9.36 Å². The fourth-order valence-corrected chi connectivity index (χ4v) is 3.24. The molecule has 1 fully saturated rings. The third-order valence-electron chi connectivity index (χ3n) is 4.71. The summed E-state index contributed by atoms with van der Waals surface area (Å²) in [6.07, 6.45) is 0.263. The Balaban J connectivity index is 1.84. The van der Waals surface area contributed by atoms with Crippen molar-refractivity contribution in [1.82, 2.24) is 9.55 Å². The van der Waals surface area contributed by atoms with Crippen LogP contribution in [0.4, 0.5) is 5.82 Å². The number of anilines is 1. The molecule has 1 aliphatic rings. The summed E-state index contributed by atoms with van der Waals surface area (Å²) in [7, 11) is 0. The minimum absolute atomic E-state index is 0.0316. The highest BCUT2D eigenvalue weighted by molar-refractivity contribution is 6.03. The zero-order valence-electron chi connectivity index (χ0n) is 15.0. The van der Waals surface area contributed by atoms with Crippen molar-refractivity contribution in [2.24, 2.45) is 5.92 Å². The highest BCUT2D eigenvalue weighted by atomic mass is 16.5. The van der Waals surface area contributed by atoms with Gasteiger partial charge in [-0.2, -0.15) is 4.98 Å². The molecule has 1 aromatic carbocycles. The number of aldehydes is 2. The van der Waals surface area contributed by atoms with Crippen molar-refractivity contribution in [3.63, 3.8) is 0 Å². The topological polar surface area (TPSA) is 128 Å². The van der Waals surface area contributed by atoms with E-state index in [2.05, 4.69) is 10.3 Å². The Morgan fingerprint density at radius 2 is 2.04 bits per heavy atom. The number of amides is 1. The van der Waals surface area contributed by atoms with Gasteiger partial charge in [-0.25, -0.2) is 4.79 Å². The Hall–Kier alpha value is -3.17. The lowest BCUT2D eigenvalue weighted by Crippen LogP contribution is -2.43. The second-order valence-corrected chi connectivity index (χ2v) is 6.64. The zero-order chi connectivity index (χ0) is 20.3. The summed E-state index contributed by atoms with van der Waals surface area (Å²) in [4.78, 5) is 50.6. The Morgan fingerprint density at radius 3 is 2.64 bits per heavy atom. The van der Waals surface area contributed by atoms with Crippen LogP contribution in [0.25, 0.3) is 0 Å². The Labute approximate surface area is 160 Å². The number of rotatable bonds is 6. The fraction of sp³-hybridized carbons (Fsp3) is 0.316. The SMILES string of the molecule is C[C@@]1(O)C(C=O)[C@@H](CC=O)O[C@H]1n1ccc(NC(=O)c2ccccc2)nc1=O. The minimum atomic E-state index is -1.71. The summed E-state index contributed by atoms with van der Waals surface area (Å²) in [6, 6.07) is 9.80. The van der Waals surface area contributed by atoms with Gasteiger partial charge in [-0.1, -0.05) is 18.2 Å². The van der Waals surface area contributed by atoms with E-state index in [4.69, 9.17) is 4.74 Å². The molecule has 1 amide bonds. The molecule has 0 spiro atoms. The number of benzene rings is 1. The molecule has 9 heteroatoms. The predicted octanol–water partition coefficient (Wildman–Crippen LogP) is 0.548. The Morgan fingerprint density at radius 1 is 1.32 bits per heavy atom. The van der Waals surface area contributed by atoms with Gasteiger partial charge in [0, 0.05) is 18.2 Å². The van der Waals surface area contributed by atoms with Crippen LogP contribution < -0.4 is 11.0 Å². The zero-order valence-corrected chi connectivity index (χ0v) is 15.0. The first-order chi connectivity index (χ1) is 13.4. The number of hydrogen-bond donors (Lipinski definition) is 2. The van der Waals surface area contributed by atoms with Gasteiger partial charge in [0.25, 0.3) is 5.91 Å². The molecule has 0 radical (unpaired) electrons. The van der Waals surface area contributed by atoms with Gasteiger partial charge in [0.15, 0.2) is 6.23 Å². The number of carbonyl (C=O) groups excluding carboxylic acids is 3. The molecule has 146 valence electrons. The standard InChI is InChI=1S/C19H19N3O6/c1-19(27)13(11-24)14(8-10-23)28-17(19)22-9-7-15(21-18(22)26)20-16(25)12-5-3-2-4-6-12/h2-7,9-11,13-14,17,27H,8H2,1H3,(H,20,21,25,26)/t13?,14-,17-,19-/m1/s1. The van der Waals surface area contributed by atoms with Gasteiger partial charge in [-0.05, 0) is 25.1 Å². The van der Waals surface area contributed by atoms with Crippen molar-refractivity contribution in [3.8, 4) is 0 Å². The molecule has 3 rings (SSSR count). The van der Waals surface area contributed by atoms with E-state index in [1.807, 2.05) is 0 Å². The van der Waals surface area contributed by atoms with Crippen LogP contribution >= 0.6 is 0 Å². The molecule has 1 aromatic heterocycles. The second kappa shape index (κ2) is 7.83. The van der Waals surface area contributed by atoms with Crippen LogP contribution in [0.2, 0.25) is 0 Å². The first-order valence-corrected chi connectivity index (χ1v) is 8.61. The Kier molecular flexibility index (Phi) is 5.48. The average Bonchev–Trinajstić information content (AvgIpc) is 2.92. The molecule has 1 saturated heterocycles. The van der Waals surface area contributed by atoms with Crippen LogP contribution in [-0.4, -0.2) is 44.8 Å². The van der Waals surface area contributed by atoms with E-state index < -0.39 is 35.4 Å². The number of aliphatic hydroxyl groups is 1. The molecular weight excluding hydrogens is 366 g/mol. The lowest BCUT2D eigenvalue weighted by molar-refractivity contribution is -0.120. The summed E-state index contributed by atoms with van der Waals surface area (Å²) < 4.78 is 6.63. The number of nitrogens with one attached hydrogen (secondary N) is 1. The maximum absolute atomic E-state index is 12.4. The average molecular weight is 385 g/mol. The molecule has 0 saturated carbocycles. The normalized spacial score (nSPS) is 26.6. The minimum Gasteiger partial charge on any atom is -0.385 e. The molecule has 0 bridgehead atoms. The lowest BCUT2D eigenvalue weighted by Gasteiger charge is -2.27. The molecule has 28 heavy (non-hydrogen) atoms. The summed E-state index contributed by atoms with van der Waals surface area (Å²) in [5, 5.41) is 13.2. The van der Waals surface area contributed by atoms with Gasteiger partial charge in [0.2, 0.25) is 0 Å². The van der Waals surface area contributed by atoms with Gasteiger partial charge in [0.1, 0.15) is 24.0 Å². The van der Waals surface area contributed by atoms with Crippen LogP contribution in [-0.2, 0) is 14.3 Å². The highest BCUT2D eigenvalue weighted by Crippen LogP contribution is 2.41. The van der Waals surface area contributed by atoms with Crippen LogP contribution in [0, 0.1) is 5.92 Å². The summed E-state index contributed by atoms with van der Waals surface area (Å²) in [5.74, 6) is -1.38. The lowest BCUT2D eigenvalue weighted by atomic mass is 9.86. The van der Waals surface area contributed by atoms with Crippen LogP contribution in [0.5, 0.6) is 0 Å². The van der Waals surface area contributed by atoms with E-state index >= 15 is 0 Å². The van der Waals surface area contributed by atoms with Gasteiger partial charge in [-0.15, -0.1) is 0 Å². The van der Waals surface area contributed by atoms with Gasteiger partial charge >= 0.3 is 5.69 Å². The first-order valence-electron chi connectivity index (χ1n) is 8.61. The maximum Gasteiger partial charge on any atom is 0.351 e.